The number of amides is 1. The summed E-state index contributed by atoms with van der Waals surface area (Å²) < 4.78 is 12.9. The van der Waals surface area contributed by atoms with Gasteiger partial charge in [0.15, 0.2) is 0 Å². The van der Waals surface area contributed by atoms with Gasteiger partial charge in [-0.1, -0.05) is 12.1 Å². The van der Waals surface area contributed by atoms with E-state index in [-0.39, 0.29) is 18.1 Å². The summed E-state index contributed by atoms with van der Waals surface area (Å²) in [6.07, 6.45) is 1.59. The minimum absolute atomic E-state index is 0.193. The first-order chi connectivity index (χ1) is 9.13. The van der Waals surface area contributed by atoms with Crippen LogP contribution in [0.3, 0.4) is 0 Å². The van der Waals surface area contributed by atoms with Gasteiger partial charge in [0, 0.05) is 11.1 Å². The number of hydrogen-bond acceptors (Lipinski definition) is 4. The molecule has 1 amide bonds. The zero-order valence-electron chi connectivity index (χ0n) is 10.3. The zero-order valence-corrected chi connectivity index (χ0v) is 11.1. The van der Waals surface area contributed by atoms with E-state index in [4.69, 9.17) is 0 Å². The van der Waals surface area contributed by atoms with Gasteiger partial charge in [-0.2, -0.15) is 5.10 Å². The number of hydrazone groups is 1. The average Bonchev–Trinajstić information content (AvgIpc) is 2.75. The molecule has 0 aliphatic heterocycles. The van der Waals surface area contributed by atoms with Crippen LogP contribution < -0.4 is 5.43 Å². The van der Waals surface area contributed by atoms with Gasteiger partial charge in [0.05, 0.1) is 12.6 Å². The van der Waals surface area contributed by atoms with Gasteiger partial charge in [-0.05, 0) is 24.6 Å². The van der Waals surface area contributed by atoms with Gasteiger partial charge in [-0.15, -0.1) is 11.3 Å². The van der Waals surface area contributed by atoms with Crippen molar-refractivity contribution in [2.75, 3.05) is 0 Å². The summed E-state index contributed by atoms with van der Waals surface area (Å²) in [4.78, 5) is 15.7. The molecule has 0 saturated heterocycles. The molecule has 98 valence electrons. The second-order valence-corrected chi connectivity index (χ2v) is 4.85. The number of thiazole rings is 1. The van der Waals surface area contributed by atoms with Crippen LogP contribution in [0.15, 0.2) is 34.7 Å². The van der Waals surface area contributed by atoms with E-state index in [0.717, 1.165) is 10.7 Å². The van der Waals surface area contributed by atoms with Crippen LogP contribution in [0.25, 0.3) is 0 Å². The highest BCUT2D eigenvalue weighted by molar-refractivity contribution is 7.09. The number of benzene rings is 1. The Morgan fingerprint density at radius 2 is 2.42 bits per heavy atom. The third-order valence-corrected chi connectivity index (χ3v) is 3.20. The maximum atomic E-state index is 12.9. The molecule has 0 bridgehead atoms. The van der Waals surface area contributed by atoms with Crippen molar-refractivity contribution >= 4 is 23.5 Å². The molecule has 0 atom stereocenters. The van der Waals surface area contributed by atoms with Crippen LogP contribution in [0.5, 0.6) is 0 Å². The number of nitrogens with zero attached hydrogens (tertiary/aromatic N) is 2. The van der Waals surface area contributed by atoms with Crippen molar-refractivity contribution in [1.29, 1.82) is 0 Å². The number of aryl methyl sites for hydroxylation is 1. The van der Waals surface area contributed by atoms with Crippen LogP contribution in [-0.2, 0) is 11.2 Å². The Morgan fingerprint density at radius 1 is 1.58 bits per heavy atom. The maximum Gasteiger partial charge on any atom is 0.246 e. The quantitative estimate of drug-likeness (QED) is 0.688. The molecule has 2 rings (SSSR count). The maximum absolute atomic E-state index is 12.9. The Bertz CT molecular complexity index is 609. The van der Waals surface area contributed by atoms with Crippen molar-refractivity contribution in [3.63, 3.8) is 0 Å². The van der Waals surface area contributed by atoms with Gasteiger partial charge in [0.25, 0.3) is 0 Å². The van der Waals surface area contributed by atoms with Crippen molar-refractivity contribution in [2.45, 2.75) is 13.3 Å². The molecule has 0 aliphatic carbocycles. The first-order valence-electron chi connectivity index (χ1n) is 5.62. The van der Waals surface area contributed by atoms with Crippen molar-refractivity contribution in [1.82, 2.24) is 10.4 Å². The number of nitrogens with one attached hydrogen (secondary N) is 1. The summed E-state index contributed by atoms with van der Waals surface area (Å²) in [5, 5.41) is 6.41. The van der Waals surface area contributed by atoms with E-state index in [9.17, 15) is 9.18 Å². The Morgan fingerprint density at radius 3 is 3.11 bits per heavy atom. The highest BCUT2D eigenvalue weighted by Gasteiger charge is 2.05. The zero-order chi connectivity index (χ0) is 13.7. The van der Waals surface area contributed by atoms with Crippen molar-refractivity contribution < 1.29 is 9.18 Å². The number of carbonyl (C=O) groups is 1. The average molecular weight is 277 g/mol. The molecule has 0 spiro atoms. The summed E-state index contributed by atoms with van der Waals surface area (Å²) in [6.45, 7) is 1.88. The lowest BCUT2D eigenvalue weighted by Gasteiger charge is -1.97. The first kappa shape index (κ1) is 13.4. The Kier molecular flexibility index (Phi) is 4.35. The lowest BCUT2D eigenvalue weighted by molar-refractivity contribution is -0.120. The molecule has 1 aromatic heterocycles. The lowest BCUT2D eigenvalue weighted by atomic mass is 10.2. The largest absolute Gasteiger partial charge is 0.273 e. The van der Waals surface area contributed by atoms with E-state index in [0.29, 0.717) is 5.56 Å². The van der Waals surface area contributed by atoms with Gasteiger partial charge in [0.2, 0.25) is 5.91 Å². The van der Waals surface area contributed by atoms with Crippen LogP contribution in [0.2, 0.25) is 0 Å². The molecule has 0 unspecified atom stereocenters. The Hall–Kier alpha value is -2.08. The summed E-state index contributed by atoms with van der Waals surface area (Å²) in [6, 6.07) is 5.96. The molecule has 0 radical (unpaired) electrons. The predicted molar refractivity (Wildman–Crippen MR) is 72.7 cm³/mol. The topological polar surface area (TPSA) is 54.4 Å². The number of rotatable bonds is 4. The number of carbonyl (C=O) groups excluding carboxylic acids is 1. The van der Waals surface area contributed by atoms with Crippen molar-refractivity contribution in [3.8, 4) is 0 Å². The molecule has 0 aliphatic rings. The molecular formula is C13H12FN3OS. The van der Waals surface area contributed by atoms with E-state index in [1.54, 1.807) is 12.1 Å². The molecule has 6 heteroatoms. The number of hydrogen-bond donors (Lipinski definition) is 1. The molecule has 1 N–H and O–H groups in total. The number of aromatic nitrogens is 1. The Balaban J connectivity index is 1.86. The summed E-state index contributed by atoms with van der Waals surface area (Å²) in [5.74, 6) is -0.587. The van der Waals surface area contributed by atoms with Crippen LogP contribution in [-0.4, -0.2) is 17.1 Å². The molecular weight excluding hydrogens is 265 g/mol. The highest BCUT2D eigenvalue weighted by atomic mass is 32.1. The van der Waals surface area contributed by atoms with Crippen LogP contribution >= 0.6 is 11.3 Å². The fraction of sp³-hybridized carbons (Fsp3) is 0.154. The Labute approximate surface area is 114 Å². The van der Waals surface area contributed by atoms with Gasteiger partial charge >= 0.3 is 0 Å². The molecule has 0 fully saturated rings. The standard InChI is InChI=1S/C13H12FN3OS/c1-9-8-19-13(16-9)6-12(18)17-15-7-10-3-2-4-11(14)5-10/h2-5,7-8H,6H2,1H3,(H,17,18)/b15-7-. The van der Waals surface area contributed by atoms with E-state index < -0.39 is 0 Å². The SMILES string of the molecule is Cc1csc(CC(=O)N/N=C\c2cccc(F)c2)n1. The molecule has 1 heterocycles. The fourth-order valence-electron chi connectivity index (χ4n) is 1.43. The monoisotopic (exact) mass is 277 g/mol. The van der Waals surface area contributed by atoms with Crippen molar-refractivity contribution in [3.05, 3.63) is 51.7 Å². The second kappa shape index (κ2) is 6.19. The van der Waals surface area contributed by atoms with Gasteiger partial charge in [0.1, 0.15) is 10.8 Å². The molecule has 0 saturated carbocycles. The number of halogens is 1. The lowest BCUT2D eigenvalue weighted by Crippen LogP contribution is -2.19. The van der Waals surface area contributed by atoms with Gasteiger partial charge < -0.3 is 0 Å². The molecule has 19 heavy (non-hydrogen) atoms. The second-order valence-electron chi connectivity index (χ2n) is 3.91. The van der Waals surface area contributed by atoms with E-state index >= 15 is 0 Å². The minimum atomic E-state index is -0.339. The van der Waals surface area contributed by atoms with E-state index in [2.05, 4.69) is 15.5 Å². The van der Waals surface area contributed by atoms with Crippen LogP contribution in [0.4, 0.5) is 4.39 Å². The normalized spacial score (nSPS) is 10.8. The summed E-state index contributed by atoms with van der Waals surface area (Å²) in [7, 11) is 0. The molecule has 1 aromatic carbocycles. The minimum Gasteiger partial charge on any atom is -0.273 e. The smallest absolute Gasteiger partial charge is 0.246 e. The van der Waals surface area contributed by atoms with Crippen LogP contribution in [0.1, 0.15) is 16.3 Å². The van der Waals surface area contributed by atoms with E-state index in [1.165, 1.54) is 29.7 Å². The van der Waals surface area contributed by atoms with Gasteiger partial charge in [-0.25, -0.2) is 14.8 Å². The van der Waals surface area contributed by atoms with E-state index in [1.807, 2.05) is 12.3 Å². The van der Waals surface area contributed by atoms with Crippen molar-refractivity contribution in [2.24, 2.45) is 5.10 Å². The molecule has 2 aromatic rings. The highest BCUT2D eigenvalue weighted by Crippen LogP contribution is 2.08. The summed E-state index contributed by atoms with van der Waals surface area (Å²) in [5.41, 5.74) is 3.87. The predicted octanol–water partition coefficient (Wildman–Crippen LogP) is 2.28. The third kappa shape index (κ3) is 4.26. The first-order valence-corrected chi connectivity index (χ1v) is 6.50. The fourth-order valence-corrected chi connectivity index (χ4v) is 2.20. The van der Waals surface area contributed by atoms with Gasteiger partial charge in [-0.3, -0.25) is 4.79 Å². The van der Waals surface area contributed by atoms with Crippen LogP contribution in [0, 0.1) is 12.7 Å². The molecule has 4 nitrogen and oxygen atoms in total. The third-order valence-electron chi connectivity index (χ3n) is 2.23. The summed E-state index contributed by atoms with van der Waals surface area (Å²) >= 11 is 1.44.